The van der Waals surface area contributed by atoms with Gasteiger partial charge in [-0.1, -0.05) is 34.1 Å². The lowest BCUT2D eigenvalue weighted by Crippen LogP contribution is -2.15. The molecule has 2 rings (SSSR count). The number of benzene rings is 2. The number of phenols is 1. The van der Waals surface area contributed by atoms with E-state index in [-0.39, 0.29) is 0 Å². The summed E-state index contributed by atoms with van der Waals surface area (Å²) in [5.74, 6) is -7.26. The third kappa shape index (κ3) is 3.02. The van der Waals surface area contributed by atoms with E-state index in [0.717, 1.165) is 5.56 Å². The fourth-order valence-electron chi connectivity index (χ4n) is 1.70. The molecule has 0 aliphatic carbocycles. The lowest BCUT2D eigenvalue weighted by Gasteiger charge is -2.10. The fraction of sp³-hybridized carbons (Fsp3) is 0.0714. The van der Waals surface area contributed by atoms with E-state index in [1.54, 1.807) is 24.3 Å². The summed E-state index contributed by atoms with van der Waals surface area (Å²) in [7, 11) is 0. The smallest absolute Gasteiger partial charge is 0.258 e. The van der Waals surface area contributed by atoms with E-state index >= 15 is 0 Å². The van der Waals surface area contributed by atoms with Gasteiger partial charge in [-0.05, 0) is 17.7 Å². The predicted octanol–water partition coefficient (Wildman–Crippen LogP) is 3.96. The maximum atomic E-state index is 13.7. The first-order chi connectivity index (χ1) is 9.95. The number of hydrogen-bond donors (Lipinski definition) is 2. The Hall–Kier alpha value is -2.02. The van der Waals surface area contributed by atoms with Crippen LogP contribution in [0.3, 0.4) is 0 Å². The average molecular weight is 360 g/mol. The molecule has 0 fully saturated rings. The molecule has 21 heavy (non-hydrogen) atoms. The molecule has 0 unspecified atom stereocenters. The van der Waals surface area contributed by atoms with Gasteiger partial charge < -0.3 is 10.4 Å². The first kappa shape index (κ1) is 15.4. The van der Waals surface area contributed by atoms with Crippen LogP contribution in [0.5, 0.6) is 5.75 Å². The second-order valence-corrected chi connectivity index (χ2v) is 4.69. The first-order valence-electron chi connectivity index (χ1n) is 5.77. The molecular weight excluding hydrogens is 351 g/mol. The molecule has 0 aliphatic rings. The molecule has 1 amide bonds. The van der Waals surface area contributed by atoms with Gasteiger partial charge >= 0.3 is 0 Å². The van der Waals surface area contributed by atoms with Crippen molar-refractivity contribution in [1.29, 1.82) is 0 Å². The Morgan fingerprint density at radius 1 is 1.19 bits per heavy atom. The zero-order chi connectivity index (χ0) is 15.6. The number of nitrogens with one attached hydrogen (secondary N) is 1. The van der Waals surface area contributed by atoms with E-state index in [4.69, 9.17) is 5.11 Å². The number of para-hydroxylation sites is 1. The van der Waals surface area contributed by atoms with Crippen molar-refractivity contribution in [2.45, 2.75) is 5.33 Å². The van der Waals surface area contributed by atoms with Gasteiger partial charge in [0.2, 0.25) is 5.82 Å². The molecule has 7 heteroatoms. The largest absolute Gasteiger partial charge is 0.503 e. The van der Waals surface area contributed by atoms with Crippen molar-refractivity contribution in [3.8, 4) is 5.75 Å². The number of carbonyl (C=O) groups is 1. The number of rotatable bonds is 3. The molecule has 0 radical (unpaired) electrons. The van der Waals surface area contributed by atoms with Gasteiger partial charge in [0, 0.05) is 11.0 Å². The summed E-state index contributed by atoms with van der Waals surface area (Å²) in [5, 5.41) is 11.9. The van der Waals surface area contributed by atoms with Crippen molar-refractivity contribution >= 4 is 27.5 Å². The molecule has 0 heterocycles. The number of phenolic OH excluding ortho intramolecular Hbond substituents is 1. The van der Waals surface area contributed by atoms with E-state index in [1.807, 2.05) is 0 Å². The minimum atomic E-state index is -1.73. The summed E-state index contributed by atoms with van der Waals surface area (Å²) >= 11 is 3.23. The monoisotopic (exact) mass is 359 g/mol. The summed E-state index contributed by atoms with van der Waals surface area (Å²) in [6.07, 6.45) is 0. The molecule has 0 bridgehead atoms. The summed E-state index contributed by atoms with van der Waals surface area (Å²) in [4.78, 5) is 12.0. The zero-order valence-corrected chi connectivity index (χ0v) is 12.0. The third-order valence-corrected chi connectivity index (χ3v) is 3.39. The van der Waals surface area contributed by atoms with Crippen LogP contribution < -0.4 is 5.32 Å². The van der Waals surface area contributed by atoms with E-state index in [0.29, 0.717) is 17.1 Å². The Balaban J connectivity index is 2.38. The summed E-state index contributed by atoms with van der Waals surface area (Å²) in [6, 6.07) is 7.10. The van der Waals surface area contributed by atoms with Crippen molar-refractivity contribution < 1.29 is 23.1 Å². The molecule has 0 spiro atoms. The van der Waals surface area contributed by atoms with Gasteiger partial charge in [-0.3, -0.25) is 4.79 Å². The number of carbonyl (C=O) groups excluding carboxylic acids is 1. The van der Waals surface area contributed by atoms with Crippen LogP contribution >= 0.6 is 15.9 Å². The van der Waals surface area contributed by atoms with Crippen LogP contribution in [-0.4, -0.2) is 11.0 Å². The predicted molar refractivity (Wildman–Crippen MR) is 75.0 cm³/mol. The quantitative estimate of drug-likeness (QED) is 0.643. The Bertz CT molecular complexity index is 707. The lowest BCUT2D eigenvalue weighted by molar-refractivity contribution is 0.102. The van der Waals surface area contributed by atoms with E-state index in [9.17, 15) is 18.0 Å². The highest BCUT2D eigenvalue weighted by molar-refractivity contribution is 9.08. The molecule has 0 atom stereocenters. The normalized spacial score (nSPS) is 10.5. The summed E-state index contributed by atoms with van der Waals surface area (Å²) in [6.45, 7) is 0. The Kier molecular flexibility index (Phi) is 4.52. The first-order valence-corrected chi connectivity index (χ1v) is 6.89. The second-order valence-electron chi connectivity index (χ2n) is 4.13. The molecular formula is C14H9BrF3NO2. The molecule has 2 aromatic carbocycles. The molecule has 0 aromatic heterocycles. The van der Waals surface area contributed by atoms with Gasteiger partial charge in [0.25, 0.3) is 5.91 Å². The maximum absolute atomic E-state index is 13.7. The van der Waals surface area contributed by atoms with Gasteiger partial charge in [-0.15, -0.1) is 0 Å². The number of alkyl halides is 1. The SMILES string of the molecule is O=C(Nc1ccccc1CBr)c1cc(F)c(F)c(O)c1F. The van der Waals surface area contributed by atoms with E-state index in [1.165, 1.54) is 0 Å². The van der Waals surface area contributed by atoms with Crippen molar-refractivity contribution in [3.63, 3.8) is 0 Å². The van der Waals surface area contributed by atoms with Crippen LogP contribution in [0, 0.1) is 17.5 Å². The van der Waals surface area contributed by atoms with Crippen LogP contribution in [0.4, 0.5) is 18.9 Å². The van der Waals surface area contributed by atoms with Crippen molar-refractivity contribution in [1.82, 2.24) is 0 Å². The minimum absolute atomic E-state index is 0.392. The van der Waals surface area contributed by atoms with Crippen molar-refractivity contribution in [2.24, 2.45) is 0 Å². The maximum Gasteiger partial charge on any atom is 0.258 e. The minimum Gasteiger partial charge on any atom is -0.503 e. The highest BCUT2D eigenvalue weighted by Crippen LogP contribution is 2.27. The van der Waals surface area contributed by atoms with Crippen LogP contribution in [0.15, 0.2) is 30.3 Å². The number of halogens is 4. The van der Waals surface area contributed by atoms with Gasteiger partial charge in [-0.25, -0.2) is 8.78 Å². The number of anilines is 1. The van der Waals surface area contributed by atoms with Gasteiger partial charge in [0.15, 0.2) is 17.4 Å². The third-order valence-electron chi connectivity index (χ3n) is 2.79. The van der Waals surface area contributed by atoms with Crippen molar-refractivity contribution in [2.75, 3.05) is 5.32 Å². The Morgan fingerprint density at radius 2 is 1.86 bits per heavy atom. The number of aromatic hydroxyl groups is 1. The van der Waals surface area contributed by atoms with E-state index in [2.05, 4.69) is 21.2 Å². The Morgan fingerprint density at radius 3 is 2.52 bits per heavy atom. The fourth-order valence-corrected chi connectivity index (χ4v) is 2.19. The number of hydrogen-bond acceptors (Lipinski definition) is 2. The van der Waals surface area contributed by atoms with E-state index < -0.39 is 34.7 Å². The highest BCUT2D eigenvalue weighted by Gasteiger charge is 2.22. The van der Waals surface area contributed by atoms with Gasteiger partial charge in [0.1, 0.15) is 0 Å². The second kappa shape index (κ2) is 6.17. The summed E-state index contributed by atoms with van der Waals surface area (Å²) < 4.78 is 39.8. The number of amides is 1. The molecule has 0 aliphatic heterocycles. The van der Waals surface area contributed by atoms with Crippen LogP contribution in [0.1, 0.15) is 15.9 Å². The average Bonchev–Trinajstić information content (AvgIpc) is 2.49. The molecule has 2 aromatic rings. The topological polar surface area (TPSA) is 49.3 Å². The molecule has 110 valence electrons. The Labute approximate surface area is 126 Å². The lowest BCUT2D eigenvalue weighted by atomic mass is 10.1. The van der Waals surface area contributed by atoms with Crippen LogP contribution in [0.2, 0.25) is 0 Å². The highest BCUT2D eigenvalue weighted by atomic mass is 79.9. The molecule has 0 saturated carbocycles. The molecule has 0 saturated heterocycles. The van der Waals surface area contributed by atoms with Gasteiger partial charge in [-0.2, -0.15) is 4.39 Å². The summed E-state index contributed by atoms with van der Waals surface area (Å²) in [5.41, 5.74) is 0.330. The molecule has 2 N–H and O–H groups in total. The standard InChI is InChI=1S/C14H9BrF3NO2/c15-6-7-3-1-2-4-10(7)19-14(21)8-5-9(16)12(18)13(20)11(8)17/h1-5,20H,6H2,(H,19,21). The van der Waals surface area contributed by atoms with Crippen LogP contribution in [0.25, 0.3) is 0 Å². The van der Waals surface area contributed by atoms with Crippen molar-refractivity contribution in [3.05, 3.63) is 58.9 Å². The van der Waals surface area contributed by atoms with Crippen LogP contribution in [-0.2, 0) is 5.33 Å². The zero-order valence-electron chi connectivity index (χ0n) is 10.5. The van der Waals surface area contributed by atoms with Gasteiger partial charge in [0.05, 0.1) is 5.56 Å². The molecule has 3 nitrogen and oxygen atoms in total.